The van der Waals surface area contributed by atoms with Crippen molar-refractivity contribution < 1.29 is 33.4 Å². The largest absolute Gasteiger partial charge is 0.507 e. The molecule has 1 aliphatic rings. The van der Waals surface area contributed by atoms with E-state index in [1.165, 1.54) is 24.0 Å². The number of unbranched alkanes of at least 4 members (excludes halogenated alkanes) is 1. The van der Waals surface area contributed by atoms with Gasteiger partial charge in [-0.2, -0.15) is 0 Å². The van der Waals surface area contributed by atoms with E-state index in [9.17, 15) is 23.9 Å². The first-order valence-electron chi connectivity index (χ1n) is 12.6. The molecule has 1 amide bonds. The second-order valence-corrected chi connectivity index (χ2v) is 9.96. The topological polar surface area (TPSA) is 106 Å². The lowest BCUT2D eigenvalue weighted by molar-refractivity contribution is -0.132. The number of carbonyl (C=O) groups is 3. The predicted molar refractivity (Wildman–Crippen MR) is 146 cm³/mol. The van der Waals surface area contributed by atoms with E-state index in [4.69, 9.17) is 9.47 Å². The van der Waals surface area contributed by atoms with Crippen LogP contribution in [0.25, 0.3) is 5.76 Å². The van der Waals surface area contributed by atoms with Crippen LogP contribution in [-0.4, -0.2) is 40.8 Å². The van der Waals surface area contributed by atoms with Crippen molar-refractivity contribution in [2.75, 3.05) is 18.1 Å². The Balaban J connectivity index is 1.92. The molecule has 3 aromatic rings. The number of aliphatic hydroxyl groups excluding tert-OH is 1. The maximum absolute atomic E-state index is 13.6. The van der Waals surface area contributed by atoms with E-state index in [-0.39, 0.29) is 22.1 Å². The second-order valence-electron chi connectivity index (χ2n) is 8.98. The Bertz CT molecular complexity index is 1450. The van der Waals surface area contributed by atoms with E-state index in [1.54, 1.807) is 25.1 Å². The summed E-state index contributed by atoms with van der Waals surface area (Å²) in [5.74, 6) is -2.11. The molecular formula is C29H29FN2O6S. The SMILES string of the molecule is CCCCOc1ccc(C2C(=C(O)c3ccc(F)cc3)C(=O)C(=O)N2c2nc(C)c(C(C)=O)s2)cc1OCC. The maximum Gasteiger partial charge on any atom is 0.301 e. The van der Waals surface area contributed by atoms with Crippen LogP contribution in [0, 0.1) is 12.7 Å². The minimum absolute atomic E-state index is 0.143. The van der Waals surface area contributed by atoms with Crippen molar-refractivity contribution in [2.45, 2.75) is 46.6 Å². The fourth-order valence-corrected chi connectivity index (χ4v) is 5.32. The Hall–Kier alpha value is -4.05. The highest BCUT2D eigenvalue weighted by molar-refractivity contribution is 7.18. The first-order valence-corrected chi connectivity index (χ1v) is 13.4. The molecule has 1 atom stereocenters. The van der Waals surface area contributed by atoms with Crippen LogP contribution >= 0.6 is 11.3 Å². The van der Waals surface area contributed by atoms with Crippen molar-refractivity contribution in [1.82, 2.24) is 4.98 Å². The molecule has 0 radical (unpaired) electrons. The van der Waals surface area contributed by atoms with Gasteiger partial charge in [-0.3, -0.25) is 19.3 Å². The third-order valence-corrected chi connectivity index (χ3v) is 7.47. The zero-order valence-electron chi connectivity index (χ0n) is 22.1. The number of aryl methyl sites for hydroxylation is 1. The molecule has 8 nitrogen and oxygen atoms in total. The fourth-order valence-electron chi connectivity index (χ4n) is 4.33. The number of halogens is 1. The number of anilines is 1. The van der Waals surface area contributed by atoms with Gasteiger partial charge in [0.1, 0.15) is 11.6 Å². The Morgan fingerprint density at radius 1 is 1.10 bits per heavy atom. The third-order valence-electron chi connectivity index (χ3n) is 6.21. The molecule has 1 N–H and O–H groups in total. The number of benzene rings is 2. The zero-order chi connectivity index (χ0) is 28.3. The fraction of sp³-hybridized carbons (Fsp3) is 0.310. The van der Waals surface area contributed by atoms with Crippen molar-refractivity contribution >= 4 is 39.7 Å². The number of aromatic nitrogens is 1. The van der Waals surface area contributed by atoms with E-state index >= 15 is 0 Å². The van der Waals surface area contributed by atoms with Gasteiger partial charge in [-0.15, -0.1) is 0 Å². The molecule has 1 aromatic heterocycles. The Labute approximate surface area is 229 Å². The number of rotatable bonds is 10. The van der Waals surface area contributed by atoms with Gasteiger partial charge in [-0.1, -0.05) is 30.7 Å². The molecule has 2 heterocycles. The third kappa shape index (κ3) is 5.56. The van der Waals surface area contributed by atoms with Crippen LogP contribution in [0.4, 0.5) is 9.52 Å². The Morgan fingerprint density at radius 3 is 2.44 bits per heavy atom. The number of hydrogen-bond donors (Lipinski definition) is 1. The summed E-state index contributed by atoms with van der Waals surface area (Å²) in [6.07, 6.45) is 1.81. The summed E-state index contributed by atoms with van der Waals surface area (Å²) in [6, 6.07) is 8.92. The highest BCUT2D eigenvalue weighted by atomic mass is 32.1. The molecule has 2 aromatic carbocycles. The number of Topliss-reactive ketones (excluding diaryl/α,β-unsaturated/α-hetero) is 2. The lowest BCUT2D eigenvalue weighted by atomic mass is 9.95. The first-order chi connectivity index (χ1) is 18.7. The molecule has 204 valence electrons. The van der Waals surface area contributed by atoms with Gasteiger partial charge in [0.05, 0.1) is 35.4 Å². The van der Waals surface area contributed by atoms with Crippen LogP contribution in [0.15, 0.2) is 48.0 Å². The molecular weight excluding hydrogens is 523 g/mol. The Morgan fingerprint density at radius 2 is 1.82 bits per heavy atom. The van der Waals surface area contributed by atoms with E-state index in [2.05, 4.69) is 11.9 Å². The standard InChI is InChI=1S/C29H29FN2O6S/c1-5-7-14-38-21-13-10-19(15-22(21)37-6-2)24-23(25(34)18-8-11-20(30)12-9-18)26(35)28(36)32(24)29-31-16(3)27(39-29)17(4)33/h8-13,15,24,34H,5-7,14H2,1-4H3. The summed E-state index contributed by atoms with van der Waals surface area (Å²) in [5, 5.41) is 11.4. The molecule has 1 saturated heterocycles. The van der Waals surface area contributed by atoms with Crippen molar-refractivity contribution in [3.8, 4) is 11.5 Å². The molecule has 0 saturated carbocycles. The van der Waals surface area contributed by atoms with E-state index in [0.717, 1.165) is 36.3 Å². The van der Waals surface area contributed by atoms with Crippen LogP contribution in [0.3, 0.4) is 0 Å². The summed E-state index contributed by atoms with van der Waals surface area (Å²) in [7, 11) is 0. The van der Waals surface area contributed by atoms with E-state index < -0.39 is 29.3 Å². The highest BCUT2D eigenvalue weighted by Gasteiger charge is 2.48. The lowest BCUT2D eigenvalue weighted by Gasteiger charge is -2.24. The summed E-state index contributed by atoms with van der Waals surface area (Å²) in [5.41, 5.74) is 0.868. The predicted octanol–water partition coefficient (Wildman–Crippen LogP) is 6.00. The monoisotopic (exact) mass is 552 g/mol. The Kier molecular flexibility index (Phi) is 8.44. The number of aliphatic hydroxyl groups is 1. The molecule has 0 bridgehead atoms. The van der Waals surface area contributed by atoms with Crippen molar-refractivity contribution in [3.05, 3.63) is 75.6 Å². The number of hydrogen-bond acceptors (Lipinski definition) is 8. The molecule has 1 fully saturated rings. The van der Waals surface area contributed by atoms with Gasteiger partial charge in [-0.05, 0) is 62.2 Å². The van der Waals surface area contributed by atoms with Crippen molar-refractivity contribution in [3.63, 3.8) is 0 Å². The average molecular weight is 553 g/mol. The number of amides is 1. The van der Waals surface area contributed by atoms with Gasteiger partial charge < -0.3 is 14.6 Å². The van der Waals surface area contributed by atoms with E-state index in [1.807, 2.05) is 6.92 Å². The van der Waals surface area contributed by atoms with Crippen molar-refractivity contribution in [2.24, 2.45) is 0 Å². The summed E-state index contributed by atoms with van der Waals surface area (Å²) in [4.78, 5) is 44.9. The van der Waals surface area contributed by atoms with Gasteiger partial charge in [0.15, 0.2) is 22.4 Å². The average Bonchev–Trinajstić information content (AvgIpc) is 3.42. The van der Waals surface area contributed by atoms with Gasteiger partial charge in [0.2, 0.25) is 0 Å². The second kappa shape index (κ2) is 11.8. The van der Waals surface area contributed by atoms with Crippen LogP contribution < -0.4 is 14.4 Å². The molecule has 0 aliphatic carbocycles. The number of ether oxygens (including phenoxy) is 2. The smallest absolute Gasteiger partial charge is 0.301 e. The van der Waals surface area contributed by atoms with Crippen LogP contribution in [0.5, 0.6) is 11.5 Å². The molecule has 39 heavy (non-hydrogen) atoms. The maximum atomic E-state index is 13.6. The molecule has 1 unspecified atom stereocenters. The lowest BCUT2D eigenvalue weighted by Crippen LogP contribution is -2.29. The summed E-state index contributed by atoms with van der Waals surface area (Å²) < 4.78 is 25.3. The summed E-state index contributed by atoms with van der Waals surface area (Å²) >= 11 is 0.994. The van der Waals surface area contributed by atoms with Crippen molar-refractivity contribution in [1.29, 1.82) is 0 Å². The zero-order valence-corrected chi connectivity index (χ0v) is 22.9. The number of carbonyl (C=O) groups excluding carboxylic acids is 3. The normalized spacial score (nSPS) is 16.5. The van der Waals surface area contributed by atoms with Gasteiger partial charge in [-0.25, -0.2) is 9.37 Å². The van der Waals surface area contributed by atoms with E-state index in [0.29, 0.717) is 40.8 Å². The molecule has 1 aliphatic heterocycles. The quantitative estimate of drug-likeness (QED) is 0.108. The molecule has 0 spiro atoms. The van der Waals surface area contributed by atoms with Gasteiger partial charge >= 0.3 is 5.91 Å². The minimum Gasteiger partial charge on any atom is -0.507 e. The number of ketones is 2. The van der Waals surface area contributed by atoms with Crippen LogP contribution in [0.1, 0.15) is 66.1 Å². The van der Waals surface area contributed by atoms with Gasteiger partial charge in [0.25, 0.3) is 5.78 Å². The number of nitrogens with zero attached hydrogens (tertiary/aromatic N) is 2. The van der Waals surface area contributed by atoms with Crippen LogP contribution in [0.2, 0.25) is 0 Å². The first kappa shape index (κ1) is 28.0. The minimum atomic E-state index is -1.09. The van der Waals surface area contributed by atoms with Gasteiger partial charge in [0, 0.05) is 12.5 Å². The van der Waals surface area contributed by atoms with Crippen LogP contribution in [-0.2, 0) is 9.59 Å². The molecule has 4 rings (SSSR count). The molecule has 10 heteroatoms. The number of thiazole rings is 1. The highest BCUT2D eigenvalue weighted by Crippen LogP contribution is 2.45. The summed E-state index contributed by atoms with van der Waals surface area (Å²) in [6.45, 7) is 7.76.